The molecule has 0 saturated carbocycles. The minimum Gasteiger partial charge on any atom is -0.481 e. The second-order valence-electron chi connectivity index (χ2n) is 3.95. The molecule has 0 N–H and O–H groups in total. The third-order valence-electron chi connectivity index (χ3n) is 2.72. The van der Waals surface area contributed by atoms with Crippen molar-refractivity contribution in [3.63, 3.8) is 0 Å². The molecule has 0 unspecified atom stereocenters. The molecule has 2 heterocycles. The van der Waals surface area contributed by atoms with Gasteiger partial charge in [0.2, 0.25) is 5.88 Å². The molecular formula is C11H17N3O3S. The SMILES string of the molecule is COCc1nc(OC)cc(N2CCS(=O)CC2)n1. The first kappa shape index (κ1) is 13.2. The minimum absolute atomic E-state index is 0.351. The van der Waals surface area contributed by atoms with Crippen LogP contribution in [-0.2, 0) is 22.1 Å². The summed E-state index contributed by atoms with van der Waals surface area (Å²) < 4.78 is 21.5. The lowest BCUT2D eigenvalue weighted by molar-refractivity contribution is 0.177. The average molecular weight is 271 g/mol. The molecule has 1 aromatic heterocycles. The summed E-state index contributed by atoms with van der Waals surface area (Å²) in [5.41, 5.74) is 0. The fraction of sp³-hybridized carbons (Fsp3) is 0.636. The van der Waals surface area contributed by atoms with Gasteiger partial charge < -0.3 is 14.4 Å². The Morgan fingerprint density at radius 3 is 2.67 bits per heavy atom. The van der Waals surface area contributed by atoms with E-state index in [0.29, 0.717) is 29.8 Å². The van der Waals surface area contributed by atoms with Gasteiger partial charge in [-0.2, -0.15) is 4.98 Å². The van der Waals surface area contributed by atoms with Crippen molar-refractivity contribution in [2.24, 2.45) is 0 Å². The Hall–Kier alpha value is -1.21. The van der Waals surface area contributed by atoms with E-state index in [1.807, 2.05) is 0 Å². The van der Waals surface area contributed by atoms with Gasteiger partial charge in [0.25, 0.3) is 0 Å². The summed E-state index contributed by atoms with van der Waals surface area (Å²) in [6.07, 6.45) is 0. The summed E-state index contributed by atoms with van der Waals surface area (Å²) in [6, 6.07) is 1.80. The van der Waals surface area contributed by atoms with Crippen LogP contribution in [0, 0.1) is 0 Å². The zero-order valence-corrected chi connectivity index (χ0v) is 11.4. The van der Waals surface area contributed by atoms with Crippen LogP contribution >= 0.6 is 0 Å². The molecule has 0 radical (unpaired) electrons. The molecule has 0 amide bonds. The third kappa shape index (κ3) is 3.17. The van der Waals surface area contributed by atoms with Gasteiger partial charge >= 0.3 is 0 Å². The molecule has 18 heavy (non-hydrogen) atoms. The smallest absolute Gasteiger partial charge is 0.218 e. The first-order valence-corrected chi connectivity index (χ1v) is 7.22. The Labute approximate surface area is 109 Å². The van der Waals surface area contributed by atoms with Gasteiger partial charge in [-0.25, -0.2) is 4.98 Å². The molecule has 7 heteroatoms. The number of hydrogen-bond acceptors (Lipinski definition) is 6. The number of nitrogens with zero attached hydrogens (tertiary/aromatic N) is 3. The maximum absolute atomic E-state index is 11.3. The van der Waals surface area contributed by atoms with Gasteiger partial charge in [0.1, 0.15) is 12.4 Å². The summed E-state index contributed by atoms with van der Waals surface area (Å²) in [4.78, 5) is 10.7. The van der Waals surface area contributed by atoms with Crippen molar-refractivity contribution < 1.29 is 13.7 Å². The van der Waals surface area contributed by atoms with Crippen LogP contribution in [0.25, 0.3) is 0 Å². The predicted molar refractivity (Wildman–Crippen MR) is 69.4 cm³/mol. The molecule has 0 aromatic carbocycles. The molecule has 0 atom stereocenters. The van der Waals surface area contributed by atoms with Gasteiger partial charge in [-0.1, -0.05) is 0 Å². The van der Waals surface area contributed by atoms with Crippen molar-refractivity contribution in [3.8, 4) is 5.88 Å². The maximum Gasteiger partial charge on any atom is 0.218 e. The highest BCUT2D eigenvalue weighted by molar-refractivity contribution is 7.85. The largest absolute Gasteiger partial charge is 0.481 e. The standard InChI is InChI=1S/C11H17N3O3S/c1-16-8-9-12-10(7-11(13-9)17-2)14-3-5-18(15)6-4-14/h7H,3-6,8H2,1-2H3. The summed E-state index contributed by atoms with van der Waals surface area (Å²) in [6.45, 7) is 1.85. The molecule has 1 saturated heterocycles. The highest BCUT2D eigenvalue weighted by Gasteiger charge is 2.18. The molecule has 1 aliphatic heterocycles. The fourth-order valence-corrected chi connectivity index (χ4v) is 2.84. The molecule has 1 aromatic rings. The van der Waals surface area contributed by atoms with E-state index in [2.05, 4.69) is 14.9 Å². The Morgan fingerprint density at radius 1 is 1.33 bits per heavy atom. The molecule has 1 fully saturated rings. The predicted octanol–water partition coefficient (Wildman–Crippen LogP) is 0.200. The lowest BCUT2D eigenvalue weighted by atomic mass is 10.4. The number of anilines is 1. The van der Waals surface area contributed by atoms with Crippen LogP contribution in [0.3, 0.4) is 0 Å². The van der Waals surface area contributed by atoms with Crippen LogP contribution in [0.1, 0.15) is 5.82 Å². The second kappa shape index (κ2) is 6.10. The Morgan fingerprint density at radius 2 is 2.06 bits per heavy atom. The number of ether oxygens (including phenoxy) is 2. The third-order valence-corrected chi connectivity index (χ3v) is 4.00. The van der Waals surface area contributed by atoms with Crippen LogP contribution in [0.2, 0.25) is 0 Å². The highest BCUT2D eigenvalue weighted by atomic mass is 32.2. The van der Waals surface area contributed by atoms with Crippen molar-refractivity contribution in [1.29, 1.82) is 0 Å². The first-order chi connectivity index (χ1) is 8.72. The summed E-state index contributed by atoms with van der Waals surface area (Å²) in [5.74, 6) is 3.31. The van der Waals surface area contributed by atoms with Gasteiger partial charge in [0.15, 0.2) is 5.82 Å². The van der Waals surface area contributed by atoms with E-state index >= 15 is 0 Å². The van der Waals surface area contributed by atoms with E-state index in [0.717, 1.165) is 18.9 Å². The number of rotatable bonds is 4. The van der Waals surface area contributed by atoms with Crippen LogP contribution in [0.15, 0.2) is 6.07 Å². The average Bonchev–Trinajstić information content (AvgIpc) is 2.39. The van der Waals surface area contributed by atoms with E-state index < -0.39 is 10.8 Å². The van der Waals surface area contributed by atoms with E-state index in [4.69, 9.17) is 9.47 Å². The van der Waals surface area contributed by atoms with E-state index in [9.17, 15) is 4.21 Å². The summed E-state index contributed by atoms with van der Waals surface area (Å²) in [7, 11) is 2.49. The van der Waals surface area contributed by atoms with Crippen LogP contribution < -0.4 is 9.64 Å². The topological polar surface area (TPSA) is 64.6 Å². The van der Waals surface area contributed by atoms with E-state index in [1.165, 1.54) is 0 Å². The monoisotopic (exact) mass is 271 g/mol. The molecule has 0 spiro atoms. The number of hydrogen-bond donors (Lipinski definition) is 0. The zero-order chi connectivity index (χ0) is 13.0. The molecule has 100 valence electrons. The molecule has 1 aliphatic rings. The molecule has 0 bridgehead atoms. The Balaban J connectivity index is 2.20. The van der Waals surface area contributed by atoms with E-state index in [1.54, 1.807) is 20.3 Å². The number of methoxy groups -OCH3 is 2. The van der Waals surface area contributed by atoms with Crippen molar-refractivity contribution in [1.82, 2.24) is 9.97 Å². The van der Waals surface area contributed by atoms with Crippen LogP contribution in [0.4, 0.5) is 5.82 Å². The van der Waals surface area contributed by atoms with Gasteiger partial charge in [-0.05, 0) is 0 Å². The minimum atomic E-state index is -0.692. The lowest BCUT2D eigenvalue weighted by Crippen LogP contribution is -2.38. The second-order valence-corrected chi connectivity index (χ2v) is 5.65. The van der Waals surface area contributed by atoms with Gasteiger partial charge in [-0.3, -0.25) is 4.21 Å². The van der Waals surface area contributed by atoms with E-state index in [-0.39, 0.29) is 0 Å². The molecule has 6 nitrogen and oxygen atoms in total. The summed E-state index contributed by atoms with van der Waals surface area (Å²) in [5, 5.41) is 0. The normalized spacial score (nSPS) is 16.9. The summed E-state index contributed by atoms with van der Waals surface area (Å²) >= 11 is 0. The Kier molecular flexibility index (Phi) is 4.48. The van der Waals surface area contributed by atoms with Crippen LogP contribution in [-0.4, -0.2) is 53.0 Å². The van der Waals surface area contributed by atoms with Gasteiger partial charge in [0, 0.05) is 48.6 Å². The fourth-order valence-electron chi connectivity index (χ4n) is 1.79. The molecular weight excluding hydrogens is 254 g/mol. The van der Waals surface area contributed by atoms with Crippen LogP contribution in [0.5, 0.6) is 5.88 Å². The maximum atomic E-state index is 11.3. The zero-order valence-electron chi connectivity index (χ0n) is 10.6. The quantitative estimate of drug-likeness (QED) is 0.779. The first-order valence-electron chi connectivity index (χ1n) is 5.73. The highest BCUT2D eigenvalue weighted by Crippen LogP contribution is 2.19. The van der Waals surface area contributed by atoms with Crippen molar-refractivity contribution >= 4 is 16.6 Å². The van der Waals surface area contributed by atoms with Gasteiger partial charge in [0.05, 0.1) is 7.11 Å². The Bertz CT molecular complexity index is 432. The lowest BCUT2D eigenvalue weighted by Gasteiger charge is -2.27. The molecule has 2 rings (SSSR count). The van der Waals surface area contributed by atoms with Crippen molar-refractivity contribution in [3.05, 3.63) is 11.9 Å². The van der Waals surface area contributed by atoms with Crippen molar-refractivity contribution in [2.45, 2.75) is 6.61 Å². The molecule has 0 aliphatic carbocycles. The van der Waals surface area contributed by atoms with Crippen molar-refractivity contribution in [2.75, 3.05) is 43.7 Å². The van der Waals surface area contributed by atoms with Gasteiger partial charge in [-0.15, -0.1) is 0 Å². The number of aromatic nitrogens is 2.